The second kappa shape index (κ2) is 5.96. The van der Waals surface area contributed by atoms with Crippen molar-refractivity contribution in [1.82, 2.24) is 10.3 Å². The molecule has 2 N–H and O–H groups in total. The van der Waals surface area contributed by atoms with Gasteiger partial charge in [0.15, 0.2) is 0 Å². The number of aromatic amines is 1. The molecular formula is C20H18N2O2. The minimum absolute atomic E-state index is 0.000463. The van der Waals surface area contributed by atoms with Crippen molar-refractivity contribution in [3.8, 4) is 0 Å². The maximum Gasteiger partial charge on any atom is 0.252 e. The molecule has 1 amide bonds. The van der Waals surface area contributed by atoms with Crippen LogP contribution in [0.15, 0.2) is 59.4 Å². The monoisotopic (exact) mass is 318 g/mol. The summed E-state index contributed by atoms with van der Waals surface area (Å²) in [4.78, 5) is 27.5. The third-order valence-corrected chi connectivity index (χ3v) is 4.67. The molecule has 1 aliphatic carbocycles. The number of aromatic nitrogens is 1. The molecule has 1 aromatic heterocycles. The summed E-state index contributed by atoms with van der Waals surface area (Å²) >= 11 is 0. The summed E-state index contributed by atoms with van der Waals surface area (Å²) in [6.45, 7) is 0. The molecule has 0 saturated carbocycles. The highest BCUT2D eigenvalue weighted by Crippen LogP contribution is 2.30. The average Bonchev–Trinajstić information content (AvgIpc) is 2.61. The van der Waals surface area contributed by atoms with E-state index in [4.69, 9.17) is 0 Å². The summed E-state index contributed by atoms with van der Waals surface area (Å²) in [5.41, 5.74) is 3.33. The van der Waals surface area contributed by atoms with Gasteiger partial charge in [-0.25, -0.2) is 0 Å². The number of H-pyrrole nitrogens is 1. The van der Waals surface area contributed by atoms with Crippen molar-refractivity contribution < 1.29 is 4.79 Å². The van der Waals surface area contributed by atoms with Gasteiger partial charge >= 0.3 is 0 Å². The molecule has 0 fully saturated rings. The molecule has 24 heavy (non-hydrogen) atoms. The zero-order valence-corrected chi connectivity index (χ0v) is 13.2. The van der Waals surface area contributed by atoms with Gasteiger partial charge in [0, 0.05) is 17.0 Å². The van der Waals surface area contributed by atoms with Crippen molar-refractivity contribution in [3.63, 3.8) is 0 Å². The Bertz CT molecular complexity index is 975. The molecular weight excluding hydrogens is 300 g/mol. The number of hydrogen-bond acceptors (Lipinski definition) is 2. The van der Waals surface area contributed by atoms with E-state index in [0.29, 0.717) is 11.1 Å². The number of amides is 1. The number of para-hydroxylation sites is 1. The molecule has 0 aliphatic heterocycles. The summed E-state index contributed by atoms with van der Waals surface area (Å²) in [5.74, 6) is -0.195. The van der Waals surface area contributed by atoms with Gasteiger partial charge < -0.3 is 10.3 Å². The second-order valence-corrected chi connectivity index (χ2v) is 6.21. The van der Waals surface area contributed by atoms with Gasteiger partial charge in [-0.3, -0.25) is 9.59 Å². The minimum atomic E-state index is -0.261. The van der Waals surface area contributed by atoms with Crippen LogP contribution in [0.5, 0.6) is 0 Å². The molecule has 120 valence electrons. The van der Waals surface area contributed by atoms with E-state index in [1.165, 1.54) is 17.2 Å². The Morgan fingerprint density at radius 3 is 2.79 bits per heavy atom. The Morgan fingerprint density at radius 1 is 1.08 bits per heavy atom. The maximum absolute atomic E-state index is 12.8. The number of carbonyl (C=O) groups is 1. The maximum atomic E-state index is 12.8. The van der Waals surface area contributed by atoms with E-state index in [9.17, 15) is 9.59 Å². The van der Waals surface area contributed by atoms with Gasteiger partial charge in [0.05, 0.1) is 11.6 Å². The number of aryl methyl sites for hydroxylation is 1. The first kappa shape index (κ1) is 14.7. The molecule has 0 bridgehead atoms. The normalized spacial score (nSPS) is 16.6. The molecule has 4 rings (SSSR count). The van der Waals surface area contributed by atoms with Crippen molar-refractivity contribution in [3.05, 3.63) is 81.6 Å². The predicted octanol–water partition coefficient (Wildman–Crippen LogP) is 3.34. The van der Waals surface area contributed by atoms with Crippen molar-refractivity contribution in [2.75, 3.05) is 0 Å². The summed E-state index contributed by atoms with van der Waals surface area (Å²) in [5, 5.41) is 3.88. The van der Waals surface area contributed by atoms with E-state index in [2.05, 4.69) is 22.4 Å². The fourth-order valence-corrected chi connectivity index (χ4v) is 3.53. The molecule has 1 atom stereocenters. The molecule has 4 heteroatoms. The van der Waals surface area contributed by atoms with E-state index in [0.717, 1.165) is 24.6 Å². The lowest BCUT2D eigenvalue weighted by molar-refractivity contribution is 0.0934. The highest BCUT2D eigenvalue weighted by atomic mass is 16.2. The highest BCUT2D eigenvalue weighted by Gasteiger charge is 2.22. The van der Waals surface area contributed by atoms with Crippen LogP contribution in [0.2, 0.25) is 0 Å². The van der Waals surface area contributed by atoms with Gasteiger partial charge in [0.25, 0.3) is 5.91 Å². The number of hydrogen-bond donors (Lipinski definition) is 2. The number of nitrogens with one attached hydrogen (secondary N) is 2. The zero-order valence-electron chi connectivity index (χ0n) is 13.2. The largest absolute Gasteiger partial charge is 0.345 e. The third kappa shape index (κ3) is 2.60. The molecule has 0 radical (unpaired) electrons. The van der Waals surface area contributed by atoms with Gasteiger partial charge in [-0.2, -0.15) is 0 Å². The Kier molecular flexibility index (Phi) is 3.65. The third-order valence-electron chi connectivity index (χ3n) is 4.67. The molecule has 1 aliphatic rings. The van der Waals surface area contributed by atoms with Crippen LogP contribution in [-0.2, 0) is 6.42 Å². The molecule has 1 unspecified atom stereocenters. The van der Waals surface area contributed by atoms with Crippen LogP contribution < -0.4 is 10.9 Å². The number of carbonyl (C=O) groups excluding carboxylic acids is 1. The Labute approximate surface area is 139 Å². The lowest BCUT2D eigenvalue weighted by atomic mass is 9.87. The lowest BCUT2D eigenvalue weighted by Gasteiger charge is -2.26. The van der Waals surface area contributed by atoms with Gasteiger partial charge in [-0.1, -0.05) is 42.5 Å². The summed E-state index contributed by atoms with van der Waals surface area (Å²) in [6.07, 6.45) is 3.03. The van der Waals surface area contributed by atoms with E-state index < -0.39 is 0 Å². The van der Waals surface area contributed by atoms with Gasteiger partial charge in [0.2, 0.25) is 5.56 Å². The van der Waals surface area contributed by atoms with Crippen molar-refractivity contribution in [2.24, 2.45) is 0 Å². The first-order valence-corrected chi connectivity index (χ1v) is 8.23. The zero-order chi connectivity index (χ0) is 16.5. The van der Waals surface area contributed by atoms with Crippen LogP contribution in [0.3, 0.4) is 0 Å². The van der Waals surface area contributed by atoms with Crippen LogP contribution in [0.4, 0.5) is 0 Å². The van der Waals surface area contributed by atoms with Crippen molar-refractivity contribution in [1.29, 1.82) is 0 Å². The highest BCUT2D eigenvalue weighted by molar-refractivity contribution is 6.06. The molecule has 0 spiro atoms. The van der Waals surface area contributed by atoms with E-state index in [-0.39, 0.29) is 17.5 Å². The Balaban J connectivity index is 1.70. The molecule has 2 aromatic carbocycles. The van der Waals surface area contributed by atoms with E-state index in [1.54, 1.807) is 0 Å². The lowest BCUT2D eigenvalue weighted by Crippen LogP contribution is -2.31. The second-order valence-electron chi connectivity index (χ2n) is 6.21. The molecule has 4 nitrogen and oxygen atoms in total. The van der Waals surface area contributed by atoms with Crippen LogP contribution in [0, 0.1) is 0 Å². The minimum Gasteiger partial charge on any atom is -0.345 e. The molecule has 0 saturated heterocycles. The smallest absolute Gasteiger partial charge is 0.252 e. The van der Waals surface area contributed by atoms with Crippen LogP contribution in [0.25, 0.3) is 10.9 Å². The predicted molar refractivity (Wildman–Crippen MR) is 94.2 cm³/mol. The first-order chi connectivity index (χ1) is 11.7. The Hall–Kier alpha value is -2.88. The number of rotatable bonds is 2. The standard InChI is InChI=1S/C20H18N2O2/c23-19-12-16(15-9-3-4-10-18(15)21-19)20(24)22-17-11-5-7-13-6-1-2-8-14(13)17/h1-4,6,8-10,12,17H,5,7,11H2,(H,21,23)(H,22,24). The fraction of sp³-hybridized carbons (Fsp3) is 0.200. The van der Waals surface area contributed by atoms with Crippen LogP contribution in [0.1, 0.15) is 40.4 Å². The number of pyridine rings is 1. The molecule has 3 aromatic rings. The Morgan fingerprint density at radius 2 is 1.88 bits per heavy atom. The van der Waals surface area contributed by atoms with Crippen molar-refractivity contribution >= 4 is 16.8 Å². The van der Waals surface area contributed by atoms with Crippen molar-refractivity contribution in [2.45, 2.75) is 25.3 Å². The number of benzene rings is 2. The summed E-state index contributed by atoms with van der Waals surface area (Å²) < 4.78 is 0. The van der Waals surface area contributed by atoms with E-state index >= 15 is 0 Å². The topological polar surface area (TPSA) is 62.0 Å². The summed E-state index contributed by atoms with van der Waals surface area (Å²) in [7, 11) is 0. The van der Waals surface area contributed by atoms with E-state index in [1.807, 2.05) is 36.4 Å². The average molecular weight is 318 g/mol. The number of fused-ring (bicyclic) bond motifs is 2. The van der Waals surface area contributed by atoms with Gasteiger partial charge in [-0.15, -0.1) is 0 Å². The van der Waals surface area contributed by atoms with Gasteiger partial charge in [-0.05, 0) is 36.5 Å². The van der Waals surface area contributed by atoms with Crippen LogP contribution >= 0.6 is 0 Å². The molecule has 1 heterocycles. The fourth-order valence-electron chi connectivity index (χ4n) is 3.53. The SMILES string of the molecule is O=C(NC1CCCc2ccccc21)c1cc(=O)[nH]c2ccccc12. The quantitative estimate of drug-likeness (QED) is 0.761. The summed E-state index contributed by atoms with van der Waals surface area (Å²) in [6, 6.07) is 17.0. The van der Waals surface area contributed by atoms with Crippen LogP contribution in [-0.4, -0.2) is 10.9 Å². The first-order valence-electron chi connectivity index (χ1n) is 8.23. The van der Waals surface area contributed by atoms with Gasteiger partial charge in [0.1, 0.15) is 0 Å².